The second-order valence-electron chi connectivity index (χ2n) is 6.34. The lowest BCUT2D eigenvalue weighted by atomic mass is 10.1. The zero-order valence-electron chi connectivity index (χ0n) is 17.1. The number of aryl methyl sites for hydroxylation is 2. The summed E-state index contributed by atoms with van der Waals surface area (Å²) in [5.74, 6) is 1.66. The number of rotatable bonds is 9. The van der Waals surface area contributed by atoms with Crippen molar-refractivity contribution >= 4 is 17.9 Å². The first-order valence-corrected chi connectivity index (χ1v) is 10.3. The van der Waals surface area contributed by atoms with Crippen LogP contribution in [0.2, 0.25) is 0 Å². The quantitative estimate of drug-likeness (QED) is 0.475. The van der Waals surface area contributed by atoms with Gasteiger partial charge in [-0.15, -0.1) is 11.8 Å². The lowest BCUT2D eigenvalue weighted by Gasteiger charge is -2.17. The molecule has 0 amide bonds. The Kier molecular flexibility index (Phi) is 11.3. The van der Waals surface area contributed by atoms with Crippen molar-refractivity contribution in [1.82, 2.24) is 0 Å². The van der Waals surface area contributed by atoms with Crippen LogP contribution in [0.1, 0.15) is 30.0 Å². The highest BCUT2D eigenvalue weighted by Crippen LogP contribution is 2.30. The maximum atomic E-state index is 12.6. The summed E-state index contributed by atoms with van der Waals surface area (Å²) in [5, 5.41) is 0. The number of thioether (sulfide) groups is 1. The van der Waals surface area contributed by atoms with Crippen LogP contribution in [0.3, 0.4) is 0 Å². The third-order valence-corrected chi connectivity index (χ3v) is 5.37. The topological polar surface area (TPSA) is 52.6 Å². The Hall–Kier alpha value is -2.28. The number of hydrogen-bond donors (Lipinski definition) is 0. The molecule has 0 spiro atoms. The summed E-state index contributed by atoms with van der Waals surface area (Å²) in [6, 6.07) is 11.4. The van der Waals surface area contributed by atoms with Crippen molar-refractivity contribution in [3.05, 3.63) is 59.2 Å². The smallest absolute Gasteiger partial charge is 0.416 e. The molecule has 30 heavy (non-hydrogen) atoms. The molecule has 0 aliphatic rings. The van der Waals surface area contributed by atoms with E-state index in [9.17, 15) is 13.2 Å². The molecule has 2 rings (SSSR count). The summed E-state index contributed by atoms with van der Waals surface area (Å²) >= 11 is 1.71. The van der Waals surface area contributed by atoms with Crippen molar-refractivity contribution in [3.8, 4) is 5.75 Å². The first-order valence-electron chi connectivity index (χ1n) is 9.29. The Bertz CT molecular complexity index is 801. The van der Waals surface area contributed by atoms with E-state index in [0.717, 1.165) is 46.1 Å². The summed E-state index contributed by atoms with van der Waals surface area (Å²) in [4.78, 5) is 17.4. The van der Waals surface area contributed by atoms with Gasteiger partial charge < -0.3 is 9.47 Å². The monoisotopic (exact) mass is 442 g/mol. The normalized spacial score (nSPS) is 11.8. The zero-order chi connectivity index (χ0) is 22.6. The van der Waals surface area contributed by atoms with Crippen LogP contribution in [-0.2, 0) is 26.9 Å². The minimum atomic E-state index is -4.29. The van der Waals surface area contributed by atoms with E-state index in [4.69, 9.17) is 19.1 Å². The van der Waals surface area contributed by atoms with Gasteiger partial charge in [-0.05, 0) is 68.1 Å². The molecular weight excluding hydrogens is 417 g/mol. The molecule has 0 fully saturated rings. The highest BCUT2D eigenvalue weighted by atomic mass is 32.2. The SMILES string of the molecule is CCOC(CCc1ccc(C(F)(F)F)cc1)CSc1ccc(OC)c(C)c1.O=C=O. The van der Waals surface area contributed by atoms with E-state index in [1.54, 1.807) is 31.0 Å². The molecule has 0 aliphatic heterocycles. The minimum absolute atomic E-state index is 0.0460. The van der Waals surface area contributed by atoms with E-state index in [1.807, 2.05) is 26.0 Å². The molecular formula is C22H25F3O4S. The second kappa shape index (κ2) is 13.1. The van der Waals surface area contributed by atoms with Gasteiger partial charge in [-0.25, -0.2) is 0 Å². The van der Waals surface area contributed by atoms with Crippen LogP contribution in [0.15, 0.2) is 47.4 Å². The number of benzene rings is 2. The Labute approximate surface area is 178 Å². The molecule has 0 N–H and O–H groups in total. The van der Waals surface area contributed by atoms with E-state index >= 15 is 0 Å². The van der Waals surface area contributed by atoms with E-state index in [2.05, 4.69) is 6.07 Å². The number of ether oxygens (including phenoxy) is 2. The maximum absolute atomic E-state index is 12.6. The predicted molar refractivity (Wildman–Crippen MR) is 109 cm³/mol. The molecule has 4 nitrogen and oxygen atoms in total. The minimum Gasteiger partial charge on any atom is -0.496 e. The predicted octanol–water partition coefficient (Wildman–Crippen LogP) is 5.57. The van der Waals surface area contributed by atoms with Crippen molar-refractivity contribution in [3.63, 3.8) is 0 Å². The van der Waals surface area contributed by atoms with Gasteiger partial charge in [-0.1, -0.05) is 12.1 Å². The number of methoxy groups -OCH3 is 1. The second-order valence-corrected chi connectivity index (χ2v) is 7.43. The van der Waals surface area contributed by atoms with Gasteiger partial charge >= 0.3 is 12.3 Å². The van der Waals surface area contributed by atoms with Crippen LogP contribution in [0, 0.1) is 6.92 Å². The average Bonchev–Trinajstić information content (AvgIpc) is 2.70. The van der Waals surface area contributed by atoms with Gasteiger partial charge in [0, 0.05) is 17.3 Å². The van der Waals surface area contributed by atoms with Gasteiger partial charge in [0.05, 0.1) is 18.8 Å². The molecule has 1 unspecified atom stereocenters. The van der Waals surface area contributed by atoms with Crippen molar-refractivity contribution in [2.45, 2.75) is 43.9 Å². The average molecular weight is 442 g/mol. The van der Waals surface area contributed by atoms with Gasteiger partial charge in [-0.3, -0.25) is 0 Å². The molecule has 164 valence electrons. The highest BCUT2D eigenvalue weighted by Gasteiger charge is 2.29. The number of halogens is 3. The largest absolute Gasteiger partial charge is 0.496 e. The van der Waals surface area contributed by atoms with Gasteiger partial charge in [0.1, 0.15) is 5.75 Å². The molecule has 2 aromatic carbocycles. The van der Waals surface area contributed by atoms with E-state index < -0.39 is 11.7 Å². The van der Waals surface area contributed by atoms with Gasteiger partial charge in [0.2, 0.25) is 0 Å². The van der Waals surface area contributed by atoms with E-state index in [0.29, 0.717) is 13.0 Å². The van der Waals surface area contributed by atoms with Crippen LogP contribution in [0.5, 0.6) is 5.75 Å². The van der Waals surface area contributed by atoms with Gasteiger partial charge in [0.15, 0.2) is 0 Å². The van der Waals surface area contributed by atoms with Gasteiger partial charge in [-0.2, -0.15) is 22.8 Å². The van der Waals surface area contributed by atoms with Crippen LogP contribution in [0.25, 0.3) is 0 Å². The summed E-state index contributed by atoms with van der Waals surface area (Å²) in [6.07, 6.45) is -2.55. The van der Waals surface area contributed by atoms with Crippen molar-refractivity contribution in [2.24, 2.45) is 0 Å². The number of hydrogen-bond acceptors (Lipinski definition) is 5. The molecule has 0 aliphatic carbocycles. The van der Waals surface area contributed by atoms with Crippen LogP contribution in [-0.4, -0.2) is 31.7 Å². The summed E-state index contributed by atoms with van der Waals surface area (Å²) in [7, 11) is 1.65. The van der Waals surface area contributed by atoms with Crippen molar-refractivity contribution in [2.75, 3.05) is 19.5 Å². The molecule has 0 bridgehead atoms. The first-order chi connectivity index (χ1) is 14.2. The maximum Gasteiger partial charge on any atom is 0.416 e. The first kappa shape index (κ1) is 25.8. The lowest BCUT2D eigenvalue weighted by molar-refractivity contribution is -0.191. The van der Waals surface area contributed by atoms with Crippen LogP contribution >= 0.6 is 11.8 Å². The number of alkyl halides is 3. The fourth-order valence-electron chi connectivity index (χ4n) is 2.77. The van der Waals surface area contributed by atoms with Crippen LogP contribution < -0.4 is 4.74 Å². The molecule has 0 radical (unpaired) electrons. The molecule has 0 aromatic heterocycles. The Morgan fingerprint density at radius 1 is 1.10 bits per heavy atom. The summed E-state index contributed by atoms with van der Waals surface area (Å²) < 4.78 is 49.0. The molecule has 1 atom stereocenters. The standard InChI is InChI=1S/C21H25F3O2S.CO2/c1-4-26-18(14-27-19-11-12-20(25-3)15(2)13-19)10-7-16-5-8-17(9-6-16)21(22,23)24;2-1-3/h5-6,8-9,11-13,18H,4,7,10,14H2,1-3H3;. The fraction of sp³-hybridized carbons (Fsp3) is 0.409. The van der Waals surface area contributed by atoms with E-state index in [-0.39, 0.29) is 12.3 Å². The highest BCUT2D eigenvalue weighted by molar-refractivity contribution is 7.99. The molecule has 0 saturated carbocycles. The zero-order valence-corrected chi connectivity index (χ0v) is 17.9. The Morgan fingerprint density at radius 2 is 1.73 bits per heavy atom. The lowest BCUT2D eigenvalue weighted by Crippen LogP contribution is -2.17. The van der Waals surface area contributed by atoms with Crippen LogP contribution in [0.4, 0.5) is 13.2 Å². The molecule has 0 saturated heterocycles. The Balaban J connectivity index is 0.00000141. The molecule has 0 heterocycles. The Morgan fingerprint density at radius 3 is 2.23 bits per heavy atom. The number of carbonyl (C=O) groups excluding carboxylic acids is 2. The summed E-state index contributed by atoms with van der Waals surface area (Å²) in [5.41, 5.74) is 1.36. The fourth-order valence-corrected chi connectivity index (χ4v) is 3.83. The molecule has 2 aromatic rings. The third-order valence-electron chi connectivity index (χ3n) is 4.24. The third kappa shape index (κ3) is 9.03. The van der Waals surface area contributed by atoms with Crippen molar-refractivity contribution < 1.29 is 32.2 Å². The van der Waals surface area contributed by atoms with Gasteiger partial charge in [0.25, 0.3) is 0 Å². The molecule has 8 heteroatoms. The van der Waals surface area contributed by atoms with E-state index in [1.165, 1.54) is 0 Å². The summed E-state index contributed by atoms with van der Waals surface area (Å²) in [6.45, 7) is 4.57. The van der Waals surface area contributed by atoms with Crippen molar-refractivity contribution in [1.29, 1.82) is 0 Å².